The standard InChI is InChI=1S/C12H10ClN3O3/c13-8-2-1-3-9(6-8)16(7-11(17)18)12(19)10-4-5-14-15-10/h1-6H,7H2,(H,14,15)(H,17,18). The fourth-order valence-electron chi connectivity index (χ4n) is 1.58. The largest absolute Gasteiger partial charge is 0.480 e. The normalized spacial score (nSPS) is 10.2. The molecule has 0 radical (unpaired) electrons. The predicted molar refractivity (Wildman–Crippen MR) is 69.4 cm³/mol. The Kier molecular flexibility index (Phi) is 3.82. The van der Waals surface area contributed by atoms with Crippen LogP contribution in [0.2, 0.25) is 5.02 Å². The minimum absolute atomic E-state index is 0.209. The average molecular weight is 280 g/mol. The Balaban J connectivity index is 2.36. The maximum atomic E-state index is 12.2. The molecule has 0 spiro atoms. The van der Waals surface area contributed by atoms with E-state index in [9.17, 15) is 9.59 Å². The molecule has 0 aliphatic carbocycles. The molecule has 2 N–H and O–H groups in total. The molecular formula is C12H10ClN3O3. The molecule has 0 aliphatic heterocycles. The lowest BCUT2D eigenvalue weighted by atomic mass is 10.2. The number of nitrogens with zero attached hydrogens (tertiary/aromatic N) is 2. The highest BCUT2D eigenvalue weighted by Gasteiger charge is 2.21. The number of anilines is 1. The van der Waals surface area contributed by atoms with Crippen molar-refractivity contribution in [2.24, 2.45) is 0 Å². The van der Waals surface area contributed by atoms with E-state index >= 15 is 0 Å². The van der Waals surface area contributed by atoms with Crippen LogP contribution in [0.15, 0.2) is 36.5 Å². The second-order valence-electron chi connectivity index (χ2n) is 3.74. The van der Waals surface area contributed by atoms with Crippen LogP contribution in [0.3, 0.4) is 0 Å². The monoisotopic (exact) mass is 279 g/mol. The molecule has 0 saturated carbocycles. The summed E-state index contributed by atoms with van der Waals surface area (Å²) < 4.78 is 0. The van der Waals surface area contributed by atoms with Crippen molar-refractivity contribution in [2.75, 3.05) is 11.4 Å². The Hall–Kier alpha value is -2.34. The van der Waals surface area contributed by atoms with Gasteiger partial charge in [-0.25, -0.2) is 0 Å². The van der Waals surface area contributed by atoms with Crippen LogP contribution in [0.4, 0.5) is 5.69 Å². The third kappa shape index (κ3) is 3.11. The molecule has 0 fully saturated rings. The summed E-state index contributed by atoms with van der Waals surface area (Å²) in [6.07, 6.45) is 1.42. The van der Waals surface area contributed by atoms with E-state index in [1.54, 1.807) is 18.2 Å². The van der Waals surface area contributed by atoms with Gasteiger partial charge in [-0.3, -0.25) is 19.6 Å². The van der Waals surface area contributed by atoms with E-state index in [0.717, 1.165) is 4.90 Å². The number of benzene rings is 1. The molecule has 0 atom stereocenters. The molecule has 1 amide bonds. The minimum Gasteiger partial charge on any atom is -0.480 e. The van der Waals surface area contributed by atoms with Crippen LogP contribution in [0.5, 0.6) is 0 Å². The smallest absolute Gasteiger partial charge is 0.323 e. The zero-order valence-corrected chi connectivity index (χ0v) is 10.5. The maximum absolute atomic E-state index is 12.2. The molecule has 1 aromatic heterocycles. The van der Waals surface area contributed by atoms with E-state index in [2.05, 4.69) is 10.2 Å². The van der Waals surface area contributed by atoms with Crippen LogP contribution in [0, 0.1) is 0 Å². The van der Waals surface area contributed by atoms with Gasteiger partial charge in [-0.05, 0) is 24.3 Å². The van der Waals surface area contributed by atoms with E-state index < -0.39 is 18.4 Å². The number of aliphatic carboxylic acids is 1. The third-order valence-electron chi connectivity index (χ3n) is 2.39. The Morgan fingerprint density at radius 3 is 2.74 bits per heavy atom. The zero-order chi connectivity index (χ0) is 13.8. The van der Waals surface area contributed by atoms with Gasteiger partial charge in [-0.15, -0.1) is 0 Å². The zero-order valence-electron chi connectivity index (χ0n) is 9.71. The Labute approximate surface area is 113 Å². The van der Waals surface area contributed by atoms with Crippen molar-refractivity contribution in [1.82, 2.24) is 10.2 Å². The highest BCUT2D eigenvalue weighted by Crippen LogP contribution is 2.20. The second kappa shape index (κ2) is 5.53. The number of H-pyrrole nitrogens is 1. The summed E-state index contributed by atoms with van der Waals surface area (Å²) in [6, 6.07) is 7.90. The summed E-state index contributed by atoms with van der Waals surface area (Å²) >= 11 is 5.85. The molecule has 6 nitrogen and oxygen atoms in total. The minimum atomic E-state index is -1.12. The lowest BCUT2D eigenvalue weighted by Crippen LogP contribution is -2.36. The topological polar surface area (TPSA) is 86.3 Å². The van der Waals surface area contributed by atoms with Crippen LogP contribution in [0.25, 0.3) is 0 Å². The molecule has 98 valence electrons. The van der Waals surface area contributed by atoms with Gasteiger partial charge in [-0.1, -0.05) is 17.7 Å². The van der Waals surface area contributed by atoms with Gasteiger partial charge >= 0.3 is 5.97 Å². The number of carboxylic acid groups (broad SMARTS) is 1. The fraction of sp³-hybridized carbons (Fsp3) is 0.0833. The number of nitrogens with one attached hydrogen (secondary N) is 1. The molecule has 1 aromatic carbocycles. The number of rotatable bonds is 4. The lowest BCUT2D eigenvalue weighted by Gasteiger charge is -2.20. The SMILES string of the molecule is O=C(O)CN(C(=O)c1ccn[nH]1)c1cccc(Cl)c1. The van der Waals surface area contributed by atoms with Crippen LogP contribution in [-0.2, 0) is 4.79 Å². The number of aromatic amines is 1. The first-order valence-corrected chi connectivity index (χ1v) is 5.74. The summed E-state index contributed by atoms with van der Waals surface area (Å²) in [6.45, 7) is -0.460. The number of hydrogen-bond acceptors (Lipinski definition) is 3. The molecule has 0 saturated heterocycles. The molecular weight excluding hydrogens is 270 g/mol. The van der Waals surface area contributed by atoms with Crippen LogP contribution in [-0.4, -0.2) is 33.7 Å². The van der Waals surface area contributed by atoms with Gasteiger partial charge in [0, 0.05) is 16.9 Å². The maximum Gasteiger partial charge on any atom is 0.323 e. The van der Waals surface area contributed by atoms with Crippen molar-refractivity contribution in [1.29, 1.82) is 0 Å². The number of halogens is 1. The van der Waals surface area contributed by atoms with Crippen molar-refractivity contribution in [2.45, 2.75) is 0 Å². The summed E-state index contributed by atoms with van der Waals surface area (Å²) in [4.78, 5) is 24.2. The fourth-order valence-corrected chi connectivity index (χ4v) is 1.76. The summed E-state index contributed by atoms with van der Waals surface area (Å²) in [5, 5.41) is 15.5. The van der Waals surface area contributed by atoms with Gasteiger partial charge in [0.1, 0.15) is 12.2 Å². The lowest BCUT2D eigenvalue weighted by molar-refractivity contribution is -0.135. The molecule has 2 rings (SSSR count). The Morgan fingerprint density at radius 1 is 1.37 bits per heavy atom. The number of amides is 1. The summed E-state index contributed by atoms with van der Waals surface area (Å²) in [5.41, 5.74) is 0.621. The van der Waals surface area contributed by atoms with Gasteiger partial charge in [0.05, 0.1) is 0 Å². The Bertz CT molecular complexity index is 598. The number of carbonyl (C=O) groups excluding carboxylic acids is 1. The van der Waals surface area contributed by atoms with Gasteiger partial charge in [0.25, 0.3) is 5.91 Å². The van der Waals surface area contributed by atoms with Crippen molar-refractivity contribution in [3.8, 4) is 0 Å². The van der Waals surface area contributed by atoms with E-state index in [4.69, 9.17) is 16.7 Å². The van der Waals surface area contributed by atoms with Gasteiger partial charge in [0.2, 0.25) is 0 Å². The van der Waals surface area contributed by atoms with Gasteiger partial charge < -0.3 is 5.11 Å². The van der Waals surface area contributed by atoms with E-state index in [1.165, 1.54) is 18.3 Å². The van der Waals surface area contributed by atoms with Gasteiger partial charge in [-0.2, -0.15) is 5.10 Å². The highest BCUT2D eigenvalue weighted by atomic mass is 35.5. The van der Waals surface area contributed by atoms with Crippen LogP contribution >= 0.6 is 11.6 Å². The molecule has 0 aliphatic rings. The number of carboxylic acids is 1. The molecule has 0 unspecified atom stereocenters. The van der Waals surface area contributed by atoms with E-state index in [0.29, 0.717) is 10.7 Å². The first-order valence-electron chi connectivity index (χ1n) is 5.36. The molecule has 1 heterocycles. The molecule has 0 bridgehead atoms. The first kappa shape index (κ1) is 13.1. The average Bonchev–Trinajstić information content (AvgIpc) is 2.88. The van der Waals surface area contributed by atoms with Crippen molar-refractivity contribution < 1.29 is 14.7 Å². The second-order valence-corrected chi connectivity index (χ2v) is 4.17. The van der Waals surface area contributed by atoms with Crippen molar-refractivity contribution in [3.05, 3.63) is 47.2 Å². The first-order chi connectivity index (χ1) is 9.08. The summed E-state index contributed by atoms with van der Waals surface area (Å²) in [7, 11) is 0. The quantitative estimate of drug-likeness (QED) is 0.893. The number of hydrogen-bond donors (Lipinski definition) is 2. The van der Waals surface area contributed by atoms with Crippen LogP contribution in [0.1, 0.15) is 10.5 Å². The molecule has 19 heavy (non-hydrogen) atoms. The summed E-state index contributed by atoms with van der Waals surface area (Å²) in [5.74, 6) is -1.60. The van der Waals surface area contributed by atoms with Crippen LogP contribution < -0.4 is 4.90 Å². The van der Waals surface area contributed by atoms with Gasteiger partial charge in [0.15, 0.2) is 0 Å². The highest BCUT2D eigenvalue weighted by molar-refractivity contribution is 6.31. The number of aromatic nitrogens is 2. The molecule has 7 heteroatoms. The Morgan fingerprint density at radius 2 is 2.16 bits per heavy atom. The molecule has 2 aromatic rings. The van der Waals surface area contributed by atoms with Crippen molar-refractivity contribution in [3.63, 3.8) is 0 Å². The predicted octanol–water partition coefficient (Wildman–Crippen LogP) is 1.79. The van der Waals surface area contributed by atoms with Crippen molar-refractivity contribution >= 4 is 29.2 Å². The third-order valence-corrected chi connectivity index (χ3v) is 2.62. The van der Waals surface area contributed by atoms with E-state index in [-0.39, 0.29) is 5.69 Å². The number of carbonyl (C=O) groups is 2. The van der Waals surface area contributed by atoms with E-state index in [1.807, 2.05) is 0 Å².